The maximum absolute atomic E-state index is 12.1. The van der Waals surface area contributed by atoms with Crippen molar-refractivity contribution in [1.82, 2.24) is 10.6 Å². The molecule has 0 aromatic carbocycles. The number of rotatable bonds is 3. The Balaban J connectivity index is 1.72. The fourth-order valence-corrected chi connectivity index (χ4v) is 3.12. The standard InChI is InChI=1S/C14H26N2O/c1-2-11-3-5-12(6-4-11)14(17)16-13-7-9-15-10-8-13/h11-13,15H,2-10H2,1H3,(H,16,17). The van der Waals surface area contributed by atoms with Crippen LogP contribution in [0, 0.1) is 11.8 Å². The lowest BCUT2D eigenvalue weighted by Gasteiger charge is -2.30. The van der Waals surface area contributed by atoms with E-state index in [9.17, 15) is 4.79 Å². The number of carbonyl (C=O) groups excluding carboxylic acids is 1. The van der Waals surface area contributed by atoms with Crippen molar-refractivity contribution in [2.75, 3.05) is 13.1 Å². The summed E-state index contributed by atoms with van der Waals surface area (Å²) < 4.78 is 0. The van der Waals surface area contributed by atoms with Crippen molar-refractivity contribution in [3.63, 3.8) is 0 Å². The minimum absolute atomic E-state index is 0.299. The Morgan fingerprint density at radius 1 is 1.12 bits per heavy atom. The van der Waals surface area contributed by atoms with Crippen LogP contribution in [0.5, 0.6) is 0 Å². The molecule has 17 heavy (non-hydrogen) atoms. The Morgan fingerprint density at radius 3 is 2.35 bits per heavy atom. The molecule has 3 heteroatoms. The SMILES string of the molecule is CCC1CCC(C(=O)NC2CCNCC2)CC1. The van der Waals surface area contributed by atoms with E-state index in [2.05, 4.69) is 17.6 Å². The van der Waals surface area contributed by atoms with Gasteiger partial charge in [-0.25, -0.2) is 0 Å². The zero-order valence-corrected chi connectivity index (χ0v) is 11.0. The molecule has 3 nitrogen and oxygen atoms in total. The summed E-state index contributed by atoms with van der Waals surface area (Å²) in [5.41, 5.74) is 0. The summed E-state index contributed by atoms with van der Waals surface area (Å²) in [5.74, 6) is 1.50. The highest BCUT2D eigenvalue weighted by Gasteiger charge is 2.27. The Bertz CT molecular complexity index is 241. The van der Waals surface area contributed by atoms with Gasteiger partial charge in [-0.1, -0.05) is 13.3 Å². The second kappa shape index (κ2) is 6.39. The summed E-state index contributed by atoms with van der Waals surface area (Å²) >= 11 is 0. The normalized spacial score (nSPS) is 31.1. The van der Waals surface area contributed by atoms with E-state index in [1.165, 1.54) is 19.3 Å². The molecule has 2 fully saturated rings. The third-order valence-corrected chi connectivity index (χ3v) is 4.48. The van der Waals surface area contributed by atoms with E-state index < -0.39 is 0 Å². The third kappa shape index (κ3) is 3.70. The van der Waals surface area contributed by atoms with Gasteiger partial charge in [0.05, 0.1) is 0 Å². The molecule has 0 spiro atoms. The monoisotopic (exact) mass is 238 g/mol. The molecular weight excluding hydrogens is 212 g/mol. The Hall–Kier alpha value is -0.570. The Morgan fingerprint density at radius 2 is 1.76 bits per heavy atom. The first-order valence-corrected chi connectivity index (χ1v) is 7.30. The number of nitrogens with one attached hydrogen (secondary N) is 2. The van der Waals surface area contributed by atoms with Crippen LogP contribution in [0.2, 0.25) is 0 Å². The molecule has 1 amide bonds. The van der Waals surface area contributed by atoms with Crippen LogP contribution in [-0.4, -0.2) is 25.0 Å². The molecule has 1 heterocycles. The summed E-state index contributed by atoms with van der Waals surface area (Å²) in [7, 11) is 0. The van der Waals surface area contributed by atoms with Gasteiger partial charge in [-0.05, 0) is 57.5 Å². The zero-order valence-electron chi connectivity index (χ0n) is 11.0. The Kier molecular flexibility index (Phi) is 4.84. The number of hydrogen-bond donors (Lipinski definition) is 2. The van der Waals surface area contributed by atoms with E-state index in [4.69, 9.17) is 0 Å². The predicted molar refractivity (Wildman–Crippen MR) is 69.8 cm³/mol. The van der Waals surface area contributed by atoms with E-state index >= 15 is 0 Å². The maximum Gasteiger partial charge on any atom is 0.223 e. The van der Waals surface area contributed by atoms with Gasteiger partial charge in [-0.3, -0.25) is 4.79 Å². The second-order valence-corrected chi connectivity index (χ2v) is 5.66. The highest BCUT2D eigenvalue weighted by molar-refractivity contribution is 5.79. The van der Waals surface area contributed by atoms with Crippen molar-refractivity contribution in [3.8, 4) is 0 Å². The largest absolute Gasteiger partial charge is 0.353 e. The molecule has 1 saturated heterocycles. The molecule has 0 aromatic rings. The van der Waals surface area contributed by atoms with Gasteiger partial charge in [0.2, 0.25) is 5.91 Å². The van der Waals surface area contributed by atoms with Crippen LogP contribution < -0.4 is 10.6 Å². The summed E-state index contributed by atoms with van der Waals surface area (Å²) in [6.07, 6.45) is 8.18. The summed E-state index contributed by atoms with van der Waals surface area (Å²) in [6.45, 7) is 4.36. The average molecular weight is 238 g/mol. The number of amides is 1. The van der Waals surface area contributed by atoms with E-state index in [1.54, 1.807) is 0 Å². The van der Waals surface area contributed by atoms with Crippen molar-refractivity contribution >= 4 is 5.91 Å². The maximum atomic E-state index is 12.1. The van der Waals surface area contributed by atoms with Gasteiger partial charge in [0, 0.05) is 12.0 Å². The van der Waals surface area contributed by atoms with Gasteiger partial charge in [-0.15, -0.1) is 0 Å². The van der Waals surface area contributed by atoms with Gasteiger partial charge in [0.15, 0.2) is 0 Å². The summed E-state index contributed by atoms with van der Waals surface area (Å²) in [5, 5.41) is 6.57. The molecule has 0 bridgehead atoms. The summed E-state index contributed by atoms with van der Waals surface area (Å²) in [6, 6.07) is 0.424. The topological polar surface area (TPSA) is 41.1 Å². The molecule has 2 N–H and O–H groups in total. The molecule has 0 unspecified atom stereocenters. The van der Waals surface area contributed by atoms with Crippen molar-refractivity contribution < 1.29 is 4.79 Å². The van der Waals surface area contributed by atoms with E-state index in [1.807, 2.05) is 0 Å². The van der Waals surface area contributed by atoms with Crippen molar-refractivity contribution in [1.29, 1.82) is 0 Å². The van der Waals surface area contributed by atoms with Crippen LogP contribution >= 0.6 is 0 Å². The average Bonchev–Trinajstić information content (AvgIpc) is 2.40. The van der Waals surface area contributed by atoms with Crippen molar-refractivity contribution in [2.24, 2.45) is 11.8 Å². The van der Waals surface area contributed by atoms with Gasteiger partial charge < -0.3 is 10.6 Å². The van der Waals surface area contributed by atoms with E-state index in [0.717, 1.165) is 44.7 Å². The van der Waals surface area contributed by atoms with Gasteiger partial charge in [0.1, 0.15) is 0 Å². The molecule has 0 atom stereocenters. The lowest BCUT2D eigenvalue weighted by Crippen LogP contribution is -2.45. The zero-order chi connectivity index (χ0) is 12.1. The molecule has 1 saturated carbocycles. The number of piperidine rings is 1. The first-order chi connectivity index (χ1) is 8.29. The van der Waals surface area contributed by atoms with Crippen LogP contribution in [0.15, 0.2) is 0 Å². The van der Waals surface area contributed by atoms with Crippen molar-refractivity contribution in [3.05, 3.63) is 0 Å². The molecule has 2 rings (SSSR count). The molecule has 1 aliphatic heterocycles. The molecule has 2 aliphatic rings. The van der Waals surface area contributed by atoms with E-state index in [0.29, 0.717) is 17.9 Å². The number of carbonyl (C=O) groups is 1. The highest BCUT2D eigenvalue weighted by atomic mass is 16.1. The Labute approximate surface area is 105 Å². The fourth-order valence-electron chi connectivity index (χ4n) is 3.12. The fraction of sp³-hybridized carbons (Fsp3) is 0.929. The molecule has 0 aromatic heterocycles. The van der Waals surface area contributed by atoms with Crippen LogP contribution in [-0.2, 0) is 4.79 Å². The second-order valence-electron chi connectivity index (χ2n) is 5.66. The van der Waals surface area contributed by atoms with E-state index in [-0.39, 0.29) is 0 Å². The van der Waals surface area contributed by atoms with Crippen LogP contribution in [0.25, 0.3) is 0 Å². The lowest BCUT2D eigenvalue weighted by molar-refractivity contribution is -0.127. The van der Waals surface area contributed by atoms with Crippen molar-refractivity contribution in [2.45, 2.75) is 57.9 Å². The van der Waals surface area contributed by atoms with Gasteiger partial charge >= 0.3 is 0 Å². The van der Waals surface area contributed by atoms with Crippen LogP contribution in [0.3, 0.4) is 0 Å². The molecular formula is C14H26N2O. The number of hydrogen-bond acceptors (Lipinski definition) is 2. The first kappa shape index (κ1) is 12.9. The predicted octanol–water partition coefficient (Wildman–Crippen LogP) is 2.07. The lowest BCUT2D eigenvalue weighted by atomic mass is 9.80. The van der Waals surface area contributed by atoms with Gasteiger partial charge in [0.25, 0.3) is 0 Å². The quantitative estimate of drug-likeness (QED) is 0.790. The van der Waals surface area contributed by atoms with Crippen LogP contribution in [0.4, 0.5) is 0 Å². The smallest absolute Gasteiger partial charge is 0.223 e. The minimum Gasteiger partial charge on any atom is -0.353 e. The third-order valence-electron chi connectivity index (χ3n) is 4.48. The molecule has 98 valence electrons. The molecule has 1 aliphatic carbocycles. The van der Waals surface area contributed by atoms with Crippen LogP contribution in [0.1, 0.15) is 51.9 Å². The van der Waals surface area contributed by atoms with Gasteiger partial charge in [-0.2, -0.15) is 0 Å². The first-order valence-electron chi connectivity index (χ1n) is 7.30. The minimum atomic E-state index is 0.299. The summed E-state index contributed by atoms with van der Waals surface area (Å²) in [4.78, 5) is 12.1. The molecule has 0 radical (unpaired) electrons. The highest BCUT2D eigenvalue weighted by Crippen LogP contribution is 2.30.